The van der Waals surface area contributed by atoms with Gasteiger partial charge in [0.2, 0.25) is 0 Å². The van der Waals surface area contributed by atoms with Gasteiger partial charge < -0.3 is 4.74 Å². The van der Waals surface area contributed by atoms with Gasteiger partial charge in [-0.2, -0.15) is 0 Å². The van der Waals surface area contributed by atoms with Crippen molar-refractivity contribution in [3.05, 3.63) is 91.0 Å². The van der Waals surface area contributed by atoms with Gasteiger partial charge >= 0.3 is 6.09 Å². The number of benzene rings is 3. The number of nitrogens with zero attached hydrogens (tertiary/aromatic N) is 1. The third-order valence-corrected chi connectivity index (χ3v) is 9.31. The van der Waals surface area contributed by atoms with Crippen molar-refractivity contribution in [3.63, 3.8) is 0 Å². The third kappa shape index (κ3) is 3.32. The fraction of sp³-hybridized carbons (Fsp3) is 0.130. The molecular weight excluding hydrogens is 369 g/mol. The highest BCUT2D eigenvalue weighted by atomic mass is 31.2. The monoisotopic (exact) mass is 390 g/mol. The maximum atomic E-state index is 13.2. The summed E-state index contributed by atoms with van der Waals surface area (Å²) in [4.78, 5) is 26.5. The fourth-order valence-corrected chi connectivity index (χ4v) is 7.74. The number of hydrogen-bond acceptors (Lipinski definition) is 3. The predicted octanol–water partition coefficient (Wildman–Crippen LogP) is 2.96. The maximum absolute atomic E-state index is 13.2. The third-order valence-electron chi connectivity index (χ3n) is 5.03. The number of ether oxygens (including phenoxy) is 1. The van der Waals surface area contributed by atoms with E-state index in [2.05, 4.69) is 36.4 Å². The van der Waals surface area contributed by atoms with Gasteiger partial charge in [0.1, 0.15) is 29.8 Å². The SMILES string of the molecule is O=C(C[P+](c1ccccc1)(c1ccccc1)c1ccccc1)N1CCOC1=O. The quantitative estimate of drug-likeness (QED) is 0.630. The normalized spacial score (nSPS) is 14.0. The Morgan fingerprint density at radius 3 is 1.57 bits per heavy atom. The molecule has 0 aliphatic carbocycles. The minimum absolute atomic E-state index is 0.188. The highest BCUT2D eigenvalue weighted by Crippen LogP contribution is 2.55. The zero-order chi connectivity index (χ0) is 19.4. The molecular formula is C23H21NO3P+. The summed E-state index contributed by atoms with van der Waals surface area (Å²) in [7, 11) is -2.29. The van der Waals surface area contributed by atoms with E-state index in [1.807, 2.05) is 54.6 Å². The summed E-state index contributed by atoms with van der Waals surface area (Å²) in [6, 6.07) is 30.5. The van der Waals surface area contributed by atoms with Crippen LogP contribution in [0.15, 0.2) is 91.0 Å². The highest BCUT2D eigenvalue weighted by molar-refractivity contribution is 7.96. The molecule has 4 nitrogen and oxygen atoms in total. The van der Waals surface area contributed by atoms with E-state index in [-0.39, 0.29) is 18.7 Å². The molecule has 0 spiro atoms. The van der Waals surface area contributed by atoms with Gasteiger partial charge in [0, 0.05) is 0 Å². The van der Waals surface area contributed by atoms with Crippen LogP contribution >= 0.6 is 7.26 Å². The van der Waals surface area contributed by atoms with E-state index >= 15 is 0 Å². The van der Waals surface area contributed by atoms with E-state index in [0.717, 1.165) is 15.9 Å². The van der Waals surface area contributed by atoms with Crippen molar-refractivity contribution in [1.82, 2.24) is 4.90 Å². The van der Waals surface area contributed by atoms with Crippen molar-refractivity contribution in [2.45, 2.75) is 0 Å². The van der Waals surface area contributed by atoms with Gasteiger partial charge in [0.15, 0.2) is 6.16 Å². The molecule has 140 valence electrons. The molecule has 0 atom stereocenters. The summed E-state index contributed by atoms with van der Waals surface area (Å²) >= 11 is 0. The second-order valence-electron chi connectivity index (χ2n) is 6.63. The lowest BCUT2D eigenvalue weighted by Gasteiger charge is -2.28. The van der Waals surface area contributed by atoms with E-state index in [1.165, 1.54) is 4.90 Å². The average molecular weight is 390 g/mol. The molecule has 1 saturated heterocycles. The molecule has 3 aromatic carbocycles. The largest absolute Gasteiger partial charge is 0.447 e. The summed E-state index contributed by atoms with van der Waals surface area (Å²) < 4.78 is 5.00. The summed E-state index contributed by atoms with van der Waals surface area (Å²) in [5, 5.41) is 3.36. The zero-order valence-electron chi connectivity index (χ0n) is 15.4. The lowest BCUT2D eigenvalue weighted by Crippen LogP contribution is -2.41. The second kappa shape index (κ2) is 7.95. The number of carbonyl (C=O) groups excluding carboxylic acids is 2. The first-order chi connectivity index (χ1) is 13.7. The summed E-state index contributed by atoms with van der Waals surface area (Å²) in [5.74, 6) is -0.188. The molecule has 1 aliphatic rings. The molecule has 0 saturated carbocycles. The van der Waals surface area contributed by atoms with Crippen LogP contribution in [0.3, 0.4) is 0 Å². The van der Waals surface area contributed by atoms with Crippen LogP contribution in [0.5, 0.6) is 0 Å². The van der Waals surface area contributed by atoms with Crippen molar-refractivity contribution >= 4 is 35.2 Å². The molecule has 1 heterocycles. The first kappa shape index (κ1) is 18.4. The second-order valence-corrected chi connectivity index (χ2v) is 10.1. The molecule has 0 bridgehead atoms. The minimum atomic E-state index is -2.29. The van der Waals surface area contributed by atoms with E-state index in [1.54, 1.807) is 0 Å². The van der Waals surface area contributed by atoms with Crippen LogP contribution in [-0.4, -0.2) is 36.2 Å². The van der Waals surface area contributed by atoms with Gasteiger partial charge in [-0.3, -0.25) is 4.79 Å². The van der Waals surface area contributed by atoms with Gasteiger partial charge in [-0.15, -0.1) is 0 Å². The van der Waals surface area contributed by atoms with E-state index in [4.69, 9.17) is 4.74 Å². The van der Waals surface area contributed by atoms with Crippen LogP contribution in [0.1, 0.15) is 0 Å². The summed E-state index contributed by atoms with van der Waals surface area (Å²) in [6.07, 6.45) is -0.294. The van der Waals surface area contributed by atoms with E-state index < -0.39 is 13.4 Å². The molecule has 0 aromatic heterocycles. The van der Waals surface area contributed by atoms with Gasteiger partial charge in [-0.05, 0) is 36.4 Å². The van der Waals surface area contributed by atoms with Crippen molar-refractivity contribution < 1.29 is 14.3 Å². The molecule has 0 unspecified atom stereocenters. The predicted molar refractivity (Wildman–Crippen MR) is 113 cm³/mol. The number of imide groups is 1. The standard InChI is InChI=1S/C23H21NO3P/c25-22(24-16-17-27-23(24)26)18-28(19-10-4-1-5-11-19,20-12-6-2-7-13-20)21-14-8-3-9-15-21/h1-15H,16-18H2/q+1. The average Bonchev–Trinajstić information content (AvgIpc) is 3.20. The molecule has 1 fully saturated rings. The Balaban J connectivity index is 1.91. The molecule has 0 radical (unpaired) electrons. The summed E-state index contributed by atoms with van der Waals surface area (Å²) in [5.41, 5.74) is 0. The van der Waals surface area contributed by atoms with E-state index in [0.29, 0.717) is 6.54 Å². The van der Waals surface area contributed by atoms with Crippen LogP contribution in [0, 0.1) is 0 Å². The summed E-state index contributed by atoms with van der Waals surface area (Å²) in [6.45, 7) is 0.577. The van der Waals surface area contributed by atoms with Crippen molar-refractivity contribution in [2.24, 2.45) is 0 Å². The fourth-order valence-electron chi connectivity index (χ4n) is 3.68. The number of cyclic esters (lactones) is 1. The van der Waals surface area contributed by atoms with Gasteiger partial charge in [-0.25, -0.2) is 9.69 Å². The van der Waals surface area contributed by atoms with Crippen LogP contribution in [0.2, 0.25) is 0 Å². The van der Waals surface area contributed by atoms with Crippen LogP contribution < -0.4 is 15.9 Å². The zero-order valence-corrected chi connectivity index (χ0v) is 16.3. The number of amides is 2. The molecule has 0 N–H and O–H groups in total. The van der Waals surface area contributed by atoms with Crippen molar-refractivity contribution in [2.75, 3.05) is 19.3 Å². The lowest BCUT2D eigenvalue weighted by molar-refractivity contribution is -0.125. The molecule has 4 rings (SSSR count). The first-order valence-corrected chi connectivity index (χ1v) is 11.2. The molecule has 2 amide bonds. The first-order valence-electron chi connectivity index (χ1n) is 9.24. The minimum Gasteiger partial charge on any atom is -0.447 e. The molecule has 5 heteroatoms. The van der Waals surface area contributed by atoms with E-state index in [9.17, 15) is 9.59 Å². The molecule has 28 heavy (non-hydrogen) atoms. The number of rotatable bonds is 5. The Morgan fingerprint density at radius 1 is 0.786 bits per heavy atom. The van der Waals surface area contributed by atoms with Gasteiger partial charge in [-0.1, -0.05) is 54.6 Å². The maximum Gasteiger partial charge on any atom is 0.416 e. The lowest BCUT2D eigenvalue weighted by atomic mass is 10.4. The number of carbonyl (C=O) groups is 2. The Bertz CT molecular complexity index is 864. The topological polar surface area (TPSA) is 46.6 Å². The highest BCUT2D eigenvalue weighted by Gasteiger charge is 2.49. The van der Waals surface area contributed by atoms with Crippen LogP contribution in [0.25, 0.3) is 0 Å². The molecule has 3 aromatic rings. The Morgan fingerprint density at radius 2 is 1.21 bits per heavy atom. The van der Waals surface area contributed by atoms with Crippen molar-refractivity contribution in [1.29, 1.82) is 0 Å². The van der Waals surface area contributed by atoms with Crippen LogP contribution in [0.4, 0.5) is 4.79 Å². The molecule has 1 aliphatic heterocycles. The Labute approximate surface area is 165 Å². The Kier molecular flexibility index (Phi) is 5.23. The Hall–Kier alpha value is -2.97. The number of hydrogen-bond donors (Lipinski definition) is 0. The smallest absolute Gasteiger partial charge is 0.416 e. The van der Waals surface area contributed by atoms with Crippen molar-refractivity contribution in [3.8, 4) is 0 Å². The van der Waals surface area contributed by atoms with Crippen LogP contribution in [-0.2, 0) is 9.53 Å². The van der Waals surface area contributed by atoms with Gasteiger partial charge in [0.25, 0.3) is 5.91 Å². The van der Waals surface area contributed by atoms with Gasteiger partial charge in [0.05, 0.1) is 6.54 Å².